The first-order valence-electron chi connectivity index (χ1n) is 6.46. The number of nitrogens with zero attached hydrogens (tertiary/aromatic N) is 1. The van der Waals surface area contributed by atoms with Gasteiger partial charge in [0, 0.05) is 24.2 Å². The van der Waals surface area contributed by atoms with Crippen LogP contribution in [0.25, 0.3) is 0 Å². The molecule has 0 atom stereocenters. The zero-order valence-corrected chi connectivity index (χ0v) is 10.6. The first-order valence-corrected chi connectivity index (χ1v) is 6.46. The van der Waals surface area contributed by atoms with E-state index in [0.29, 0.717) is 18.2 Å². The molecule has 2 rings (SSSR count). The van der Waals surface area contributed by atoms with Crippen molar-refractivity contribution in [2.24, 2.45) is 0 Å². The summed E-state index contributed by atoms with van der Waals surface area (Å²) in [5.41, 5.74) is 0.348. The van der Waals surface area contributed by atoms with Crippen molar-refractivity contribution in [1.29, 1.82) is 0 Å². The molecule has 98 valence electrons. The summed E-state index contributed by atoms with van der Waals surface area (Å²) < 4.78 is 0. The fourth-order valence-corrected chi connectivity index (χ4v) is 2.67. The van der Waals surface area contributed by atoms with Crippen LogP contribution in [0.4, 0.5) is 0 Å². The van der Waals surface area contributed by atoms with Crippen LogP contribution in [0.15, 0.2) is 18.2 Å². The molecule has 1 aromatic carbocycles. The van der Waals surface area contributed by atoms with Gasteiger partial charge in [0.05, 0.1) is 0 Å². The molecule has 1 aliphatic carbocycles. The highest BCUT2D eigenvalue weighted by atomic mass is 16.3. The highest BCUT2D eigenvalue weighted by molar-refractivity contribution is 5.95. The van der Waals surface area contributed by atoms with E-state index in [2.05, 4.69) is 0 Å². The number of hydrogen-bond donors (Lipinski definition) is 2. The number of hydrogen-bond acceptors (Lipinski definition) is 3. The summed E-state index contributed by atoms with van der Waals surface area (Å²) in [6.07, 6.45) is 4.42. The smallest absolute Gasteiger partial charge is 0.254 e. The average molecular weight is 249 g/mol. The lowest BCUT2D eigenvalue weighted by Gasteiger charge is -2.27. The number of carbonyl (C=O) groups is 1. The molecule has 1 aliphatic rings. The molecule has 0 bridgehead atoms. The van der Waals surface area contributed by atoms with Gasteiger partial charge in [-0.05, 0) is 31.9 Å². The molecule has 18 heavy (non-hydrogen) atoms. The summed E-state index contributed by atoms with van der Waals surface area (Å²) in [5.74, 6) is -0.280. The number of phenolic OH excluding ortho intramolecular Hbond substituents is 2. The van der Waals surface area contributed by atoms with Crippen LogP contribution < -0.4 is 0 Å². The van der Waals surface area contributed by atoms with E-state index in [-0.39, 0.29) is 17.4 Å². The van der Waals surface area contributed by atoms with Crippen molar-refractivity contribution in [3.05, 3.63) is 23.8 Å². The molecule has 1 amide bonds. The SMILES string of the molecule is CCN(C(=O)c1cc(O)cc(O)c1)C1CCCC1. The Morgan fingerprint density at radius 2 is 1.78 bits per heavy atom. The van der Waals surface area contributed by atoms with E-state index in [0.717, 1.165) is 12.8 Å². The van der Waals surface area contributed by atoms with Gasteiger partial charge >= 0.3 is 0 Å². The molecule has 0 unspecified atom stereocenters. The molecule has 0 radical (unpaired) electrons. The third kappa shape index (κ3) is 2.58. The van der Waals surface area contributed by atoms with Gasteiger partial charge in [0.2, 0.25) is 0 Å². The fourth-order valence-electron chi connectivity index (χ4n) is 2.67. The lowest BCUT2D eigenvalue weighted by molar-refractivity contribution is 0.0692. The van der Waals surface area contributed by atoms with Crippen molar-refractivity contribution in [3.8, 4) is 11.5 Å². The molecule has 0 heterocycles. The Labute approximate surface area is 107 Å². The minimum atomic E-state index is -0.115. The van der Waals surface area contributed by atoms with E-state index in [1.807, 2.05) is 11.8 Å². The Morgan fingerprint density at radius 1 is 1.22 bits per heavy atom. The highest BCUT2D eigenvalue weighted by Crippen LogP contribution is 2.27. The molecule has 4 nitrogen and oxygen atoms in total. The summed E-state index contributed by atoms with van der Waals surface area (Å²) >= 11 is 0. The van der Waals surface area contributed by atoms with Gasteiger partial charge in [-0.2, -0.15) is 0 Å². The number of phenols is 2. The molecule has 0 saturated heterocycles. The zero-order valence-electron chi connectivity index (χ0n) is 10.6. The van der Waals surface area contributed by atoms with Crippen molar-refractivity contribution in [2.45, 2.75) is 38.6 Å². The molecule has 1 saturated carbocycles. The van der Waals surface area contributed by atoms with Gasteiger partial charge < -0.3 is 15.1 Å². The maximum absolute atomic E-state index is 12.4. The van der Waals surface area contributed by atoms with Crippen LogP contribution in [0.2, 0.25) is 0 Å². The highest BCUT2D eigenvalue weighted by Gasteiger charge is 2.26. The third-order valence-corrected chi connectivity index (χ3v) is 3.52. The second-order valence-corrected chi connectivity index (χ2v) is 4.77. The molecule has 0 spiro atoms. The van der Waals surface area contributed by atoms with Gasteiger partial charge in [0.15, 0.2) is 0 Å². The molecular formula is C14H19NO3. The van der Waals surface area contributed by atoms with E-state index in [1.54, 1.807) is 0 Å². The molecular weight excluding hydrogens is 230 g/mol. The van der Waals surface area contributed by atoms with Crippen molar-refractivity contribution in [1.82, 2.24) is 4.90 Å². The van der Waals surface area contributed by atoms with Gasteiger partial charge in [0.1, 0.15) is 11.5 Å². The minimum Gasteiger partial charge on any atom is -0.508 e. The van der Waals surface area contributed by atoms with Crippen LogP contribution in [0.5, 0.6) is 11.5 Å². The largest absolute Gasteiger partial charge is 0.508 e. The van der Waals surface area contributed by atoms with Gasteiger partial charge in [-0.1, -0.05) is 12.8 Å². The summed E-state index contributed by atoms with van der Waals surface area (Å²) in [7, 11) is 0. The van der Waals surface area contributed by atoms with Gasteiger partial charge in [-0.3, -0.25) is 4.79 Å². The second-order valence-electron chi connectivity index (χ2n) is 4.77. The maximum Gasteiger partial charge on any atom is 0.254 e. The Morgan fingerprint density at radius 3 is 2.28 bits per heavy atom. The lowest BCUT2D eigenvalue weighted by Crippen LogP contribution is -2.38. The van der Waals surface area contributed by atoms with Crippen LogP contribution in [0.3, 0.4) is 0 Å². The Hall–Kier alpha value is -1.71. The van der Waals surface area contributed by atoms with Crippen LogP contribution in [-0.2, 0) is 0 Å². The van der Waals surface area contributed by atoms with E-state index in [1.165, 1.54) is 31.0 Å². The van der Waals surface area contributed by atoms with Gasteiger partial charge in [0.25, 0.3) is 5.91 Å². The van der Waals surface area contributed by atoms with E-state index < -0.39 is 0 Å². The zero-order chi connectivity index (χ0) is 13.1. The fraction of sp³-hybridized carbons (Fsp3) is 0.500. The average Bonchev–Trinajstić information content (AvgIpc) is 2.82. The van der Waals surface area contributed by atoms with Crippen LogP contribution in [0.1, 0.15) is 43.0 Å². The number of rotatable bonds is 3. The monoisotopic (exact) mass is 249 g/mol. The predicted molar refractivity (Wildman–Crippen MR) is 68.7 cm³/mol. The Kier molecular flexibility index (Phi) is 3.75. The molecule has 1 aromatic rings. The predicted octanol–water partition coefficient (Wildman–Crippen LogP) is 2.50. The Balaban J connectivity index is 2.22. The van der Waals surface area contributed by atoms with Crippen molar-refractivity contribution >= 4 is 5.91 Å². The molecule has 2 N–H and O–H groups in total. The van der Waals surface area contributed by atoms with Crippen LogP contribution in [0, 0.1) is 0 Å². The van der Waals surface area contributed by atoms with Gasteiger partial charge in [-0.15, -0.1) is 0 Å². The van der Waals surface area contributed by atoms with Gasteiger partial charge in [-0.25, -0.2) is 0 Å². The summed E-state index contributed by atoms with van der Waals surface area (Å²) in [4.78, 5) is 14.2. The quantitative estimate of drug-likeness (QED) is 0.865. The standard InChI is InChI=1S/C14H19NO3/c1-2-15(11-5-3-4-6-11)14(18)10-7-12(16)9-13(17)8-10/h7-9,11,16-17H,2-6H2,1H3. The second kappa shape index (κ2) is 5.29. The van der Waals surface area contributed by atoms with Crippen molar-refractivity contribution in [2.75, 3.05) is 6.54 Å². The molecule has 1 fully saturated rings. The van der Waals surface area contributed by atoms with Crippen molar-refractivity contribution < 1.29 is 15.0 Å². The third-order valence-electron chi connectivity index (χ3n) is 3.52. The summed E-state index contributed by atoms with van der Waals surface area (Å²) in [6.45, 7) is 2.61. The summed E-state index contributed by atoms with van der Waals surface area (Å²) in [5, 5.41) is 18.9. The first kappa shape index (κ1) is 12.7. The lowest BCUT2D eigenvalue weighted by atomic mass is 10.1. The molecule has 0 aliphatic heterocycles. The van der Waals surface area contributed by atoms with Crippen LogP contribution >= 0.6 is 0 Å². The number of amides is 1. The number of carbonyl (C=O) groups excluding carboxylic acids is 1. The minimum absolute atomic E-state index is 0.0826. The number of benzene rings is 1. The van der Waals surface area contributed by atoms with E-state index >= 15 is 0 Å². The number of aromatic hydroxyl groups is 2. The van der Waals surface area contributed by atoms with Crippen LogP contribution in [-0.4, -0.2) is 33.6 Å². The molecule has 0 aromatic heterocycles. The topological polar surface area (TPSA) is 60.8 Å². The first-order chi connectivity index (χ1) is 8.61. The summed E-state index contributed by atoms with van der Waals surface area (Å²) in [6, 6.07) is 4.33. The normalized spacial score (nSPS) is 15.8. The maximum atomic E-state index is 12.4. The van der Waals surface area contributed by atoms with E-state index in [9.17, 15) is 15.0 Å². The molecule has 4 heteroatoms. The van der Waals surface area contributed by atoms with Crippen molar-refractivity contribution in [3.63, 3.8) is 0 Å². The van der Waals surface area contributed by atoms with E-state index in [4.69, 9.17) is 0 Å². The Bertz CT molecular complexity index is 418.